The molecule has 1 atom stereocenters. The van der Waals surface area contributed by atoms with Crippen molar-refractivity contribution in [2.45, 2.75) is 136 Å². The second-order valence-corrected chi connectivity index (χ2v) is 9.85. The number of hydrogen-bond donors (Lipinski definition) is 2. The van der Waals surface area contributed by atoms with E-state index in [1.54, 1.807) is 0 Å². The van der Waals surface area contributed by atoms with E-state index >= 15 is 0 Å². The van der Waals surface area contributed by atoms with Crippen molar-refractivity contribution in [3.05, 3.63) is 0 Å². The zero-order valence-corrected chi connectivity index (χ0v) is 21.5. The van der Waals surface area contributed by atoms with E-state index in [4.69, 9.17) is 19.3 Å². The molecule has 2 N–H and O–H groups in total. The average Bonchev–Trinajstić information content (AvgIpc) is 2.72. The van der Waals surface area contributed by atoms with E-state index in [9.17, 15) is 9.36 Å². The number of carbonyl (C=O) groups is 1. The molecule has 7 nitrogen and oxygen atoms in total. The van der Waals surface area contributed by atoms with Gasteiger partial charge in [0.2, 0.25) is 0 Å². The predicted molar refractivity (Wildman–Crippen MR) is 128 cm³/mol. The summed E-state index contributed by atoms with van der Waals surface area (Å²) in [5.74, 6) is -0.266. The molecule has 32 heavy (non-hydrogen) atoms. The van der Waals surface area contributed by atoms with Crippen LogP contribution in [0.25, 0.3) is 0 Å². The minimum Gasteiger partial charge on any atom is -0.463 e. The molecule has 0 aliphatic rings. The van der Waals surface area contributed by atoms with Crippen LogP contribution in [0.2, 0.25) is 0 Å². The van der Waals surface area contributed by atoms with Crippen molar-refractivity contribution in [3.63, 3.8) is 0 Å². The number of hydrogen-bond acceptors (Lipinski definition) is 5. The van der Waals surface area contributed by atoms with Crippen LogP contribution in [0.1, 0.15) is 129 Å². The van der Waals surface area contributed by atoms with Gasteiger partial charge in [0, 0.05) is 6.42 Å². The van der Waals surface area contributed by atoms with E-state index < -0.39 is 14.1 Å². The molecule has 0 saturated carbocycles. The van der Waals surface area contributed by atoms with Crippen LogP contribution in [-0.4, -0.2) is 35.3 Å². The van der Waals surface area contributed by atoms with Gasteiger partial charge in [-0.05, 0) is 13.3 Å². The SMILES string of the molecule is CCCCCCCCCCCCCCCCCCCC(=O)OCCOC(C)OP(=O)(O)O. The van der Waals surface area contributed by atoms with Crippen molar-refractivity contribution in [3.8, 4) is 0 Å². The number of phosphoric ester groups is 1. The zero-order valence-electron chi connectivity index (χ0n) is 20.6. The molecule has 0 aromatic heterocycles. The maximum atomic E-state index is 11.6. The van der Waals surface area contributed by atoms with Crippen molar-refractivity contribution in [1.29, 1.82) is 0 Å². The number of unbranched alkanes of at least 4 members (excludes halogenated alkanes) is 16. The van der Waals surface area contributed by atoms with Crippen LogP contribution in [-0.2, 0) is 23.4 Å². The summed E-state index contributed by atoms with van der Waals surface area (Å²) in [6, 6.07) is 0. The Bertz CT molecular complexity index is 467. The molecule has 0 bridgehead atoms. The van der Waals surface area contributed by atoms with Gasteiger partial charge in [0.25, 0.3) is 0 Å². The first kappa shape index (κ1) is 31.5. The predicted octanol–water partition coefficient (Wildman–Crippen LogP) is 7.04. The lowest BCUT2D eigenvalue weighted by Gasteiger charge is -2.14. The highest BCUT2D eigenvalue weighted by molar-refractivity contribution is 7.46. The Kier molecular flexibility index (Phi) is 22.0. The van der Waals surface area contributed by atoms with E-state index in [0.29, 0.717) is 6.42 Å². The summed E-state index contributed by atoms with van der Waals surface area (Å²) in [6.45, 7) is 3.72. The van der Waals surface area contributed by atoms with E-state index in [1.165, 1.54) is 96.8 Å². The Morgan fingerprint density at radius 2 is 1.12 bits per heavy atom. The molecule has 0 spiro atoms. The smallest absolute Gasteiger partial charge is 0.463 e. The minimum atomic E-state index is -4.56. The summed E-state index contributed by atoms with van der Waals surface area (Å²) in [7, 11) is -4.56. The van der Waals surface area contributed by atoms with Crippen LogP contribution < -0.4 is 0 Å². The van der Waals surface area contributed by atoms with Crippen LogP contribution in [0.15, 0.2) is 0 Å². The number of phosphoric acid groups is 1. The Morgan fingerprint density at radius 3 is 1.53 bits per heavy atom. The largest absolute Gasteiger partial charge is 0.471 e. The van der Waals surface area contributed by atoms with Crippen molar-refractivity contribution in [2.75, 3.05) is 13.2 Å². The maximum Gasteiger partial charge on any atom is 0.471 e. The topological polar surface area (TPSA) is 102 Å². The van der Waals surface area contributed by atoms with Gasteiger partial charge in [-0.15, -0.1) is 0 Å². The van der Waals surface area contributed by atoms with Crippen molar-refractivity contribution < 1.29 is 33.1 Å². The van der Waals surface area contributed by atoms with E-state index in [1.807, 2.05) is 0 Å². The molecule has 0 radical (unpaired) electrons. The summed E-state index contributed by atoms with van der Waals surface area (Å²) in [4.78, 5) is 28.9. The third-order valence-electron chi connectivity index (χ3n) is 5.47. The lowest BCUT2D eigenvalue weighted by atomic mass is 10.0. The molecule has 0 aromatic carbocycles. The maximum absolute atomic E-state index is 11.6. The third-order valence-corrected chi connectivity index (χ3v) is 6.04. The van der Waals surface area contributed by atoms with Gasteiger partial charge < -0.3 is 19.3 Å². The lowest BCUT2D eigenvalue weighted by Crippen LogP contribution is -2.17. The molecule has 0 aromatic rings. The Labute approximate surface area is 196 Å². The molecule has 0 aliphatic carbocycles. The molecular weight excluding hydrogens is 431 g/mol. The molecule has 0 fully saturated rings. The third kappa shape index (κ3) is 25.8. The molecule has 0 rings (SSSR count). The van der Waals surface area contributed by atoms with Gasteiger partial charge in [0.1, 0.15) is 6.61 Å². The second kappa shape index (κ2) is 22.3. The Balaban J connectivity index is 3.25. The van der Waals surface area contributed by atoms with Gasteiger partial charge in [-0.25, -0.2) is 4.57 Å². The van der Waals surface area contributed by atoms with Crippen LogP contribution in [0.3, 0.4) is 0 Å². The highest BCUT2D eigenvalue weighted by Crippen LogP contribution is 2.37. The summed E-state index contributed by atoms with van der Waals surface area (Å²) in [5.41, 5.74) is 0. The first-order valence-corrected chi connectivity index (χ1v) is 14.4. The number of carbonyl (C=O) groups excluding carboxylic acids is 1. The van der Waals surface area contributed by atoms with Crippen molar-refractivity contribution in [2.24, 2.45) is 0 Å². The van der Waals surface area contributed by atoms with Crippen molar-refractivity contribution in [1.82, 2.24) is 0 Å². The standard InChI is InChI=1S/C24H49O7P/c1-3-4-5-6-7-8-9-10-11-12-13-14-15-16-17-18-19-20-24(25)30-22-21-29-23(2)31-32(26,27)28/h23H,3-22H2,1-2H3,(H2,26,27,28). The van der Waals surface area contributed by atoms with Gasteiger partial charge in [-0.2, -0.15) is 0 Å². The first-order chi connectivity index (χ1) is 15.3. The number of rotatable bonds is 24. The van der Waals surface area contributed by atoms with Crippen LogP contribution in [0, 0.1) is 0 Å². The molecule has 1 unspecified atom stereocenters. The molecule has 192 valence electrons. The van der Waals surface area contributed by atoms with Crippen LogP contribution in [0.4, 0.5) is 0 Å². The minimum absolute atomic E-state index is 0.0337. The van der Waals surface area contributed by atoms with Gasteiger partial charge in [-0.1, -0.05) is 110 Å². The van der Waals surface area contributed by atoms with Crippen LogP contribution >= 0.6 is 7.82 Å². The molecule has 0 aliphatic heterocycles. The quantitative estimate of drug-likeness (QED) is 0.0661. The molecule has 8 heteroatoms. The fourth-order valence-electron chi connectivity index (χ4n) is 3.66. The first-order valence-electron chi connectivity index (χ1n) is 12.9. The molecule has 0 amide bonds. The summed E-state index contributed by atoms with van der Waals surface area (Å²) in [6.07, 6.45) is 21.5. The van der Waals surface area contributed by atoms with Gasteiger partial charge in [0.15, 0.2) is 6.29 Å². The Morgan fingerprint density at radius 1 is 0.719 bits per heavy atom. The summed E-state index contributed by atoms with van der Waals surface area (Å²) < 4.78 is 25.0. The zero-order chi connectivity index (χ0) is 23.9. The van der Waals surface area contributed by atoms with E-state index in [0.717, 1.165) is 19.3 Å². The van der Waals surface area contributed by atoms with Crippen LogP contribution in [0.5, 0.6) is 0 Å². The van der Waals surface area contributed by atoms with Gasteiger partial charge >= 0.3 is 13.8 Å². The fourth-order valence-corrected chi connectivity index (χ4v) is 4.11. The average molecular weight is 481 g/mol. The van der Waals surface area contributed by atoms with E-state index in [2.05, 4.69) is 11.4 Å². The summed E-state index contributed by atoms with van der Waals surface area (Å²) >= 11 is 0. The number of esters is 1. The molecular formula is C24H49O7P. The van der Waals surface area contributed by atoms with Gasteiger partial charge in [0.05, 0.1) is 6.61 Å². The number of ether oxygens (including phenoxy) is 2. The van der Waals surface area contributed by atoms with Crippen molar-refractivity contribution >= 4 is 13.8 Å². The summed E-state index contributed by atoms with van der Waals surface area (Å²) in [5, 5.41) is 0. The Hall–Kier alpha value is -0.460. The van der Waals surface area contributed by atoms with Gasteiger partial charge in [-0.3, -0.25) is 9.32 Å². The lowest BCUT2D eigenvalue weighted by molar-refractivity contribution is -0.149. The molecule has 0 saturated heterocycles. The van der Waals surface area contributed by atoms with E-state index in [-0.39, 0.29) is 19.2 Å². The monoisotopic (exact) mass is 480 g/mol. The fraction of sp³-hybridized carbons (Fsp3) is 0.958. The normalized spacial score (nSPS) is 12.8. The highest BCUT2D eigenvalue weighted by Gasteiger charge is 2.19. The highest BCUT2D eigenvalue weighted by atomic mass is 31.2. The molecule has 0 heterocycles. The second-order valence-electron chi connectivity index (χ2n) is 8.66.